The van der Waals surface area contributed by atoms with Gasteiger partial charge in [0.25, 0.3) is 0 Å². The maximum atomic E-state index is 12.1. The molecular formula is C13H18N2O5. The molecule has 2 atom stereocenters. The Kier molecular flexibility index (Phi) is 4.62. The minimum Gasteiger partial charge on any atom is -0.481 e. The van der Waals surface area contributed by atoms with Gasteiger partial charge in [-0.05, 0) is 19.1 Å². The van der Waals surface area contributed by atoms with Crippen molar-refractivity contribution in [3.8, 4) is 0 Å². The van der Waals surface area contributed by atoms with Crippen molar-refractivity contribution < 1.29 is 23.8 Å². The van der Waals surface area contributed by atoms with Crippen LogP contribution in [0.1, 0.15) is 12.7 Å². The number of furan rings is 1. The zero-order chi connectivity index (χ0) is 14.5. The van der Waals surface area contributed by atoms with Gasteiger partial charge in [-0.25, -0.2) is 4.79 Å². The molecule has 1 saturated heterocycles. The van der Waals surface area contributed by atoms with Crippen molar-refractivity contribution in [2.24, 2.45) is 5.92 Å². The van der Waals surface area contributed by atoms with Crippen LogP contribution < -0.4 is 5.32 Å². The molecule has 1 aliphatic heterocycles. The van der Waals surface area contributed by atoms with E-state index >= 15 is 0 Å². The molecule has 0 aliphatic carbocycles. The topological polar surface area (TPSA) is 92.0 Å². The number of hydrogen-bond acceptors (Lipinski definition) is 4. The fourth-order valence-electron chi connectivity index (χ4n) is 2.11. The Morgan fingerprint density at radius 3 is 2.90 bits per heavy atom. The molecule has 2 amide bonds. The summed E-state index contributed by atoms with van der Waals surface area (Å²) in [5, 5.41) is 11.8. The quantitative estimate of drug-likeness (QED) is 0.837. The second-order valence-electron chi connectivity index (χ2n) is 4.63. The highest BCUT2D eigenvalue weighted by Gasteiger charge is 2.35. The summed E-state index contributed by atoms with van der Waals surface area (Å²) in [7, 11) is 0. The Bertz CT molecular complexity index is 459. The second-order valence-corrected chi connectivity index (χ2v) is 4.63. The maximum absolute atomic E-state index is 12.1. The van der Waals surface area contributed by atoms with Gasteiger partial charge in [-0.1, -0.05) is 0 Å². The smallest absolute Gasteiger partial charge is 0.318 e. The van der Waals surface area contributed by atoms with Gasteiger partial charge < -0.3 is 24.5 Å². The number of ether oxygens (including phenoxy) is 1. The van der Waals surface area contributed by atoms with Gasteiger partial charge >= 0.3 is 12.0 Å². The van der Waals surface area contributed by atoms with Crippen LogP contribution in [-0.2, 0) is 16.1 Å². The molecule has 110 valence electrons. The Morgan fingerprint density at radius 1 is 1.50 bits per heavy atom. The lowest BCUT2D eigenvalue weighted by Gasteiger charge is -2.23. The zero-order valence-electron chi connectivity index (χ0n) is 11.2. The van der Waals surface area contributed by atoms with Gasteiger partial charge in [-0.2, -0.15) is 0 Å². The van der Waals surface area contributed by atoms with E-state index in [9.17, 15) is 9.59 Å². The molecule has 20 heavy (non-hydrogen) atoms. The van der Waals surface area contributed by atoms with Crippen molar-refractivity contribution in [2.45, 2.75) is 19.5 Å². The molecule has 2 rings (SSSR count). The van der Waals surface area contributed by atoms with Gasteiger partial charge in [-0.15, -0.1) is 0 Å². The van der Waals surface area contributed by atoms with E-state index in [0.717, 1.165) is 0 Å². The standard InChI is InChI=1S/C13H18N2O5/c1-2-15(6-9-4-3-5-20-9)13(18)14-11-8-19-7-10(11)12(16)17/h3-5,10-11H,2,6-8H2,1H3,(H,14,18)(H,16,17). The summed E-state index contributed by atoms with van der Waals surface area (Å²) in [5.74, 6) is -0.970. The van der Waals surface area contributed by atoms with Gasteiger partial charge in [0, 0.05) is 6.54 Å². The highest BCUT2D eigenvalue weighted by Crippen LogP contribution is 2.14. The SMILES string of the molecule is CCN(Cc1ccco1)C(=O)NC1COCC1C(=O)O. The Hall–Kier alpha value is -2.02. The summed E-state index contributed by atoms with van der Waals surface area (Å²) < 4.78 is 10.3. The monoisotopic (exact) mass is 282 g/mol. The van der Waals surface area contributed by atoms with Gasteiger partial charge in [0.05, 0.1) is 32.1 Å². The molecule has 2 N–H and O–H groups in total. The first-order valence-electron chi connectivity index (χ1n) is 6.50. The first-order valence-corrected chi connectivity index (χ1v) is 6.50. The number of nitrogens with one attached hydrogen (secondary N) is 1. The van der Waals surface area contributed by atoms with Crippen molar-refractivity contribution in [3.05, 3.63) is 24.2 Å². The molecule has 0 aromatic carbocycles. The number of carboxylic acid groups (broad SMARTS) is 1. The summed E-state index contributed by atoms with van der Waals surface area (Å²) in [6, 6.07) is 2.73. The number of carbonyl (C=O) groups is 2. The molecule has 1 aromatic heterocycles. The van der Waals surface area contributed by atoms with Crippen LogP contribution >= 0.6 is 0 Å². The lowest BCUT2D eigenvalue weighted by atomic mass is 10.0. The lowest BCUT2D eigenvalue weighted by molar-refractivity contribution is -0.142. The van der Waals surface area contributed by atoms with Crippen molar-refractivity contribution in [3.63, 3.8) is 0 Å². The van der Waals surface area contributed by atoms with E-state index in [1.165, 1.54) is 0 Å². The average molecular weight is 282 g/mol. The molecule has 2 unspecified atom stereocenters. The van der Waals surface area contributed by atoms with Crippen LogP contribution in [0.4, 0.5) is 4.79 Å². The normalized spacial score (nSPS) is 21.6. The number of hydrogen-bond donors (Lipinski definition) is 2. The Morgan fingerprint density at radius 2 is 2.30 bits per heavy atom. The van der Waals surface area contributed by atoms with Crippen molar-refractivity contribution >= 4 is 12.0 Å². The van der Waals surface area contributed by atoms with Crippen molar-refractivity contribution in [1.82, 2.24) is 10.2 Å². The van der Waals surface area contributed by atoms with E-state index in [2.05, 4.69) is 5.32 Å². The van der Waals surface area contributed by atoms with E-state index in [1.54, 1.807) is 23.3 Å². The number of carboxylic acids is 1. The number of carbonyl (C=O) groups excluding carboxylic acids is 1. The largest absolute Gasteiger partial charge is 0.481 e. The van der Waals surface area contributed by atoms with Gasteiger partial charge in [0.2, 0.25) is 0 Å². The van der Waals surface area contributed by atoms with E-state index in [0.29, 0.717) is 18.8 Å². The van der Waals surface area contributed by atoms with E-state index in [-0.39, 0.29) is 19.2 Å². The van der Waals surface area contributed by atoms with Crippen LogP contribution in [0.5, 0.6) is 0 Å². The zero-order valence-corrected chi connectivity index (χ0v) is 11.2. The van der Waals surface area contributed by atoms with Gasteiger partial charge in [0.1, 0.15) is 11.7 Å². The molecule has 1 fully saturated rings. The number of amides is 2. The minimum absolute atomic E-state index is 0.130. The minimum atomic E-state index is -0.957. The first-order chi connectivity index (χ1) is 9.61. The van der Waals surface area contributed by atoms with Gasteiger partial charge in [-0.3, -0.25) is 4.79 Å². The number of aliphatic carboxylic acids is 1. The van der Waals surface area contributed by atoms with Crippen LogP contribution in [0.3, 0.4) is 0 Å². The predicted molar refractivity (Wildman–Crippen MR) is 69.1 cm³/mol. The van der Waals surface area contributed by atoms with Crippen molar-refractivity contribution in [2.75, 3.05) is 19.8 Å². The van der Waals surface area contributed by atoms with E-state index < -0.39 is 17.9 Å². The van der Waals surface area contributed by atoms with Crippen LogP contribution in [-0.4, -0.2) is 47.8 Å². The highest BCUT2D eigenvalue weighted by atomic mass is 16.5. The molecule has 2 heterocycles. The third-order valence-corrected chi connectivity index (χ3v) is 3.30. The molecule has 0 bridgehead atoms. The molecule has 0 spiro atoms. The summed E-state index contributed by atoms with van der Waals surface area (Å²) >= 11 is 0. The lowest BCUT2D eigenvalue weighted by Crippen LogP contribution is -2.48. The van der Waals surface area contributed by atoms with Crippen molar-refractivity contribution in [1.29, 1.82) is 0 Å². The average Bonchev–Trinajstić information content (AvgIpc) is 3.06. The highest BCUT2D eigenvalue weighted by molar-refractivity contribution is 5.77. The maximum Gasteiger partial charge on any atom is 0.318 e. The fraction of sp³-hybridized carbons (Fsp3) is 0.538. The molecular weight excluding hydrogens is 264 g/mol. The third kappa shape index (κ3) is 3.30. The first kappa shape index (κ1) is 14.4. The summed E-state index contributed by atoms with van der Waals surface area (Å²) in [6.07, 6.45) is 1.55. The molecule has 7 nitrogen and oxygen atoms in total. The van der Waals surface area contributed by atoms with Crippen LogP contribution in [0.25, 0.3) is 0 Å². The molecule has 1 aliphatic rings. The summed E-state index contributed by atoms with van der Waals surface area (Å²) in [5.41, 5.74) is 0. The predicted octanol–water partition coefficient (Wildman–Crippen LogP) is 0.911. The number of rotatable bonds is 5. The number of nitrogens with zero attached hydrogens (tertiary/aromatic N) is 1. The summed E-state index contributed by atoms with van der Waals surface area (Å²) in [6.45, 7) is 3.05. The summed E-state index contributed by atoms with van der Waals surface area (Å²) in [4.78, 5) is 24.7. The number of urea groups is 1. The van der Waals surface area contributed by atoms with Crippen LogP contribution in [0.2, 0.25) is 0 Å². The van der Waals surface area contributed by atoms with E-state index in [4.69, 9.17) is 14.3 Å². The van der Waals surface area contributed by atoms with Gasteiger partial charge in [0.15, 0.2) is 0 Å². The second kappa shape index (κ2) is 6.42. The van der Waals surface area contributed by atoms with Crippen LogP contribution in [0, 0.1) is 5.92 Å². The fourth-order valence-corrected chi connectivity index (χ4v) is 2.11. The van der Waals surface area contributed by atoms with E-state index in [1.807, 2.05) is 6.92 Å². The Labute approximate surface area is 116 Å². The Balaban J connectivity index is 1.93. The molecule has 7 heteroatoms. The third-order valence-electron chi connectivity index (χ3n) is 3.30. The molecule has 0 radical (unpaired) electrons. The molecule has 1 aromatic rings. The van der Waals surface area contributed by atoms with Crippen LogP contribution in [0.15, 0.2) is 22.8 Å². The molecule has 0 saturated carbocycles.